The summed E-state index contributed by atoms with van der Waals surface area (Å²) in [5.41, 5.74) is 1.96. The summed E-state index contributed by atoms with van der Waals surface area (Å²) in [5, 5.41) is 9.59. The molecular weight excluding hydrogens is 307 g/mol. The summed E-state index contributed by atoms with van der Waals surface area (Å²) in [6.07, 6.45) is -3.81. The van der Waals surface area contributed by atoms with Crippen LogP contribution in [0.5, 0.6) is 0 Å². The van der Waals surface area contributed by atoms with E-state index in [-0.39, 0.29) is 17.7 Å². The number of aromatic nitrogens is 2. The Kier molecular flexibility index (Phi) is 3.66. The number of nitrogens with zero attached hydrogens (tertiary/aromatic N) is 1. The number of aromatic amines is 1. The minimum absolute atomic E-state index is 0.162. The van der Waals surface area contributed by atoms with Crippen LogP contribution in [0.4, 0.5) is 18.9 Å². The Hall–Kier alpha value is -2.31. The predicted octanol–water partition coefficient (Wildman–Crippen LogP) is 3.79. The summed E-state index contributed by atoms with van der Waals surface area (Å²) in [6.45, 7) is 3.57. The Labute approximate surface area is 131 Å². The highest BCUT2D eigenvalue weighted by Crippen LogP contribution is 2.49. The Balaban J connectivity index is 1.71. The van der Waals surface area contributed by atoms with Crippen LogP contribution >= 0.6 is 0 Å². The molecule has 122 valence electrons. The van der Waals surface area contributed by atoms with Crippen LogP contribution in [0.1, 0.15) is 34.9 Å². The van der Waals surface area contributed by atoms with Gasteiger partial charge in [0.25, 0.3) is 0 Å². The van der Waals surface area contributed by atoms with Gasteiger partial charge in [0, 0.05) is 5.92 Å². The van der Waals surface area contributed by atoms with Gasteiger partial charge in [0.05, 0.1) is 22.6 Å². The minimum Gasteiger partial charge on any atom is -0.323 e. The van der Waals surface area contributed by atoms with Crippen molar-refractivity contribution in [3.63, 3.8) is 0 Å². The second-order valence-corrected chi connectivity index (χ2v) is 5.87. The predicted molar refractivity (Wildman–Crippen MR) is 79.0 cm³/mol. The molecule has 2 N–H and O–H groups in total. The van der Waals surface area contributed by atoms with Gasteiger partial charge in [-0.1, -0.05) is 18.2 Å². The number of rotatable bonds is 3. The zero-order chi connectivity index (χ0) is 16.8. The second kappa shape index (κ2) is 5.40. The number of H-pyrrole nitrogens is 1. The molecule has 4 nitrogen and oxygen atoms in total. The third-order valence-electron chi connectivity index (χ3n) is 4.15. The third kappa shape index (κ3) is 3.09. The number of nitrogens with one attached hydrogen (secondary N) is 2. The number of hydrogen-bond donors (Lipinski definition) is 2. The number of anilines is 1. The number of carbonyl (C=O) groups is 1. The molecule has 7 heteroatoms. The zero-order valence-electron chi connectivity index (χ0n) is 12.7. The molecule has 0 bridgehead atoms. The van der Waals surface area contributed by atoms with Crippen LogP contribution in [0.25, 0.3) is 0 Å². The van der Waals surface area contributed by atoms with Crippen molar-refractivity contribution in [1.82, 2.24) is 10.2 Å². The van der Waals surface area contributed by atoms with Crippen LogP contribution < -0.4 is 5.32 Å². The fourth-order valence-electron chi connectivity index (χ4n) is 2.75. The molecule has 2 atom stereocenters. The average Bonchev–Trinajstić information content (AvgIpc) is 3.24. The molecule has 0 saturated heterocycles. The van der Waals surface area contributed by atoms with E-state index in [2.05, 4.69) is 15.5 Å². The first-order valence-electron chi connectivity index (χ1n) is 7.27. The van der Waals surface area contributed by atoms with Gasteiger partial charge >= 0.3 is 6.18 Å². The lowest BCUT2D eigenvalue weighted by Gasteiger charge is -2.09. The normalized spacial score (nSPS) is 20.4. The Morgan fingerprint density at radius 2 is 2.09 bits per heavy atom. The molecule has 1 aromatic heterocycles. The number of carbonyl (C=O) groups excluding carboxylic acids is 1. The molecule has 1 heterocycles. The van der Waals surface area contributed by atoms with Crippen LogP contribution in [-0.4, -0.2) is 16.1 Å². The van der Waals surface area contributed by atoms with Gasteiger partial charge < -0.3 is 5.32 Å². The molecule has 1 amide bonds. The lowest BCUT2D eigenvalue weighted by Crippen LogP contribution is -2.15. The maximum Gasteiger partial charge on any atom is 0.416 e. The maximum atomic E-state index is 12.8. The van der Waals surface area contributed by atoms with Gasteiger partial charge in [-0.05, 0) is 37.8 Å². The maximum absolute atomic E-state index is 12.8. The van der Waals surface area contributed by atoms with Gasteiger partial charge in [0.2, 0.25) is 5.91 Å². The molecule has 0 unspecified atom stereocenters. The average molecular weight is 323 g/mol. The first-order valence-corrected chi connectivity index (χ1v) is 7.27. The third-order valence-corrected chi connectivity index (χ3v) is 4.15. The molecule has 1 fully saturated rings. The zero-order valence-corrected chi connectivity index (χ0v) is 12.7. The number of hydrogen-bond acceptors (Lipinski definition) is 2. The van der Waals surface area contributed by atoms with E-state index in [1.807, 2.05) is 0 Å². The highest BCUT2D eigenvalue weighted by molar-refractivity contribution is 5.96. The van der Waals surface area contributed by atoms with Gasteiger partial charge in [-0.2, -0.15) is 18.3 Å². The Bertz CT molecular complexity index is 732. The molecule has 3 rings (SSSR count). The van der Waals surface area contributed by atoms with E-state index in [9.17, 15) is 18.0 Å². The number of alkyl halides is 3. The van der Waals surface area contributed by atoms with Crippen LogP contribution in [0.3, 0.4) is 0 Å². The molecule has 1 aliphatic rings. The quantitative estimate of drug-likeness (QED) is 0.903. The van der Waals surface area contributed by atoms with Crippen LogP contribution in [-0.2, 0) is 11.0 Å². The minimum atomic E-state index is -4.37. The number of benzene rings is 1. The summed E-state index contributed by atoms with van der Waals surface area (Å²) in [6, 6.07) is 5.20. The van der Waals surface area contributed by atoms with Crippen molar-refractivity contribution in [2.24, 2.45) is 5.92 Å². The van der Waals surface area contributed by atoms with Crippen molar-refractivity contribution in [3.8, 4) is 0 Å². The smallest absolute Gasteiger partial charge is 0.323 e. The SMILES string of the molecule is Cc1n[nH]c(C)c1NC(=O)[C@H]1C[C@H]1c1cccc(C(F)(F)F)c1. The van der Waals surface area contributed by atoms with Crippen molar-refractivity contribution in [2.75, 3.05) is 5.32 Å². The first kappa shape index (κ1) is 15.6. The lowest BCUT2D eigenvalue weighted by molar-refractivity contribution is -0.137. The van der Waals surface area contributed by atoms with E-state index in [1.54, 1.807) is 19.9 Å². The van der Waals surface area contributed by atoms with Gasteiger partial charge in [-0.25, -0.2) is 0 Å². The van der Waals surface area contributed by atoms with Gasteiger partial charge in [-0.15, -0.1) is 0 Å². The molecule has 2 aromatic rings. The van der Waals surface area contributed by atoms with Crippen molar-refractivity contribution in [1.29, 1.82) is 0 Å². The van der Waals surface area contributed by atoms with Crippen molar-refractivity contribution in [3.05, 3.63) is 46.8 Å². The molecule has 0 aliphatic heterocycles. The molecule has 0 spiro atoms. The fraction of sp³-hybridized carbons (Fsp3) is 0.375. The lowest BCUT2D eigenvalue weighted by atomic mass is 10.1. The Morgan fingerprint density at radius 1 is 1.35 bits per heavy atom. The van der Waals surface area contributed by atoms with E-state index in [0.717, 1.165) is 17.8 Å². The van der Waals surface area contributed by atoms with E-state index in [4.69, 9.17) is 0 Å². The molecule has 23 heavy (non-hydrogen) atoms. The van der Waals surface area contributed by atoms with E-state index >= 15 is 0 Å². The second-order valence-electron chi connectivity index (χ2n) is 5.87. The summed E-state index contributed by atoms with van der Waals surface area (Å²) < 4.78 is 38.3. The topological polar surface area (TPSA) is 57.8 Å². The van der Waals surface area contributed by atoms with Gasteiger partial charge in [0.15, 0.2) is 0 Å². The first-order chi connectivity index (χ1) is 10.8. The number of aryl methyl sites for hydroxylation is 2. The molecule has 1 saturated carbocycles. The monoisotopic (exact) mass is 323 g/mol. The molecule has 1 aliphatic carbocycles. The van der Waals surface area contributed by atoms with E-state index < -0.39 is 11.7 Å². The van der Waals surface area contributed by atoms with Gasteiger partial charge in [-0.3, -0.25) is 9.89 Å². The number of amides is 1. The molecule has 1 aromatic carbocycles. The van der Waals surface area contributed by atoms with Crippen molar-refractivity contribution >= 4 is 11.6 Å². The largest absolute Gasteiger partial charge is 0.416 e. The standard InChI is InChI=1S/C16H16F3N3O/c1-8-14(9(2)22-21-8)20-15(23)13-7-12(13)10-4-3-5-11(6-10)16(17,18)19/h3-6,12-13H,7H2,1-2H3,(H,20,23)(H,21,22)/t12-,13-/m0/s1. The number of halogens is 3. The van der Waals surface area contributed by atoms with Crippen LogP contribution in [0, 0.1) is 19.8 Å². The summed E-state index contributed by atoms with van der Waals surface area (Å²) in [7, 11) is 0. The van der Waals surface area contributed by atoms with Gasteiger partial charge in [0.1, 0.15) is 0 Å². The highest BCUT2D eigenvalue weighted by Gasteiger charge is 2.45. The summed E-state index contributed by atoms with van der Waals surface area (Å²) in [5.74, 6) is -0.642. The summed E-state index contributed by atoms with van der Waals surface area (Å²) >= 11 is 0. The molecular formula is C16H16F3N3O. The Morgan fingerprint density at radius 3 is 2.70 bits per heavy atom. The highest BCUT2D eigenvalue weighted by atomic mass is 19.4. The molecule has 0 radical (unpaired) electrons. The van der Waals surface area contributed by atoms with Crippen LogP contribution in [0.2, 0.25) is 0 Å². The fourth-order valence-corrected chi connectivity index (χ4v) is 2.75. The van der Waals surface area contributed by atoms with Crippen LogP contribution in [0.15, 0.2) is 24.3 Å². The van der Waals surface area contributed by atoms with E-state index in [0.29, 0.717) is 23.4 Å². The summed E-state index contributed by atoms with van der Waals surface area (Å²) in [4.78, 5) is 12.3. The van der Waals surface area contributed by atoms with Crippen molar-refractivity contribution in [2.45, 2.75) is 32.4 Å². The van der Waals surface area contributed by atoms with E-state index in [1.165, 1.54) is 6.07 Å². The van der Waals surface area contributed by atoms with Crippen molar-refractivity contribution < 1.29 is 18.0 Å².